The Labute approximate surface area is 95.3 Å². The van der Waals surface area contributed by atoms with E-state index in [2.05, 4.69) is 6.07 Å². The van der Waals surface area contributed by atoms with Gasteiger partial charge in [-0.2, -0.15) is 5.26 Å². The van der Waals surface area contributed by atoms with Crippen LogP contribution in [0.4, 0.5) is 0 Å². The van der Waals surface area contributed by atoms with Crippen LogP contribution in [-0.2, 0) is 4.79 Å². The van der Waals surface area contributed by atoms with Gasteiger partial charge in [0.25, 0.3) is 0 Å². The van der Waals surface area contributed by atoms with Crippen molar-refractivity contribution in [3.05, 3.63) is 35.9 Å². The van der Waals surface area contributed by atoms with Crippen LogP contribution in [0.25, 0.3) is 0 Å². The Morgan fingerprint density at radius 2 is 2.12 bits per heavy atom. The number of nitriles is 1. The summed E-state index contributed by atoms with van der Waals surface area (Å²) in [6.07, 6.45) is 0.930. The molecule has 0 aliphatic carbocycles. The van der Waals surface area contributed by atoms with Crippen LogP contribution in [0.5, 0.6) is 0 Å². The van der Waals surface area contributed by atoms with Crippen LogP contribution in [-0.4, -0.2) is 17.9 Å². The predicted molar refractivity (Wildman–Crippen MR) is 60.3 cm³/mol. The molecule has 0 saturated carbocycles. The second kappa shape index (κ2) is 4.36. The van der Waals surface area contributed by atoms with Crippen LogP contribution < -0.4 is 0 Å². The molecule has 1 aromatic carbocycles. The highest BCUT2D eigenvalue weighted by Gasteiger charge is 2.37. The van der Waals surface area contributed by atoms with Crippen LogP contribution >= 0.6 is 0 Å². The molecule has 0 radical (unpaired) electrons. The minimum Gasteiger partial charge on any atom is -0.338 e. The molecule has 2 unspecified atom stereocenters. The molecule has 3 heteroatoms. The smallest absolute Gasteiger partial charge is 0.223 e. The third kappa shape index (κ3) is 1.79. The van der Waals surface area contributed by atoms with E-state index < -0.39 is 0 Å². The quantitative estimate of drug-likeness (QED) is 0.756. The van der Waals surface area contributed by atoms with Crippen molar-refractivity contribution in [2.24, 2.45) is 5.92 Å². The lowest BCUT2D eigenvalue weighted by Gasteiger charge is -2.24. The third-order valence-electron chi connectivity index (χ3n) is 3.19. The predicted octanol–water partition coefficient (Wildman–Crippen LogP) is 2.12. The molecule has 0 bridgehead atoms. The van der Waals surface area contributed by atoms with Crippen LogP contribution in [0, 0.1) is 17.2 Å². The molecule has 2 atom stereocenters. The molecule has 1 heterocycles. The Morgan fingerprint density at radius 1 is 1.44 bits per heavy atom. The zero-order valence-corrected chi connectivity index (χ0v) is 9.26. The Hall–Kier alpha value is -1.82. The maximum absolute atomic E-state index is 11.7. The van der Waals surface area contributed by atoms with Gasteiger partial charge in [0.05, 0.1) is 12.1 Å². The van der Waals surface area contributed by atoms with Gasteiger partial charge in [-0.1, -0.05) is 30.3 Å². The van der Waals surface area contributed by atoms with Crippen molar-refractivity contribution in [3.8, 4) is 6.07 Å². The fourth-order valence-electron chi connectivity index (χ4n) is 2.40. The van der Waals surface area contributed by atoms with Gasteiger partial charge in [-0.25, -0.2) is 0 Å². The molecule has 1 amide bonds. The first-order chi connectivity index (χ1) is 7.74. The molecule has 0 aromatic heterocycles. The first-order valence-electron chi connectivity index (χ1n) is 5.41. The van der Waals surface area contributed by atoms with Crippen molar-refractivity contribution in [2.45, 2.75) is 18.9 Å². The highest BCUT2D eigenvalue weighted by atomic mass is 16.2. The van der Waals surface area contributed by atoms with Gasteiger partial charge >= 0.3 is 0 Å². The molecule has 1 aromatic rings. The van der Waals surface area contributed by atoms with Gasteiger partial charge in [0.2, 0.25) is 5.91 Å². The van der Waals surface area contributed by atoms with Gasteiger partial charge in [0, 0.05) is 25.8 Å². The van der Waals surface area contributed by atoms with Crippen LogP contribution in [0.15, 0.2) is 30.3 Å². The first-order valence-corrected chi connectivity index (χ1v) is 5.41. The number of nitrogens with zero attached hydrogens (tertiary/aromatic N) is 2. The second-order valence-corrected chi connectivity index (χ2v) is 4.19. The summed E-state index contributed by atoms with van der Waals surface area (Å²) >= 11 is 0. The van der Waals surface area contributed by atoms with Crippen molar-refractivity contribution in [3.63, 3.8) is 0 Å². The van der Waals surface area contributed by atoms with E-state index in [4.69, 9.17) is 5.26 Å². The normalized spacial score (nSPS) is 24.5. The summed E-state index contributed by atoms with van der Waals surface area (Å²) in [6.45, 7) is 0. The number of benzene rings is 1. The average Bonchev–Trinajstić information content (AvgIpc) is 2.57. The highest BCUT2D eigenvalue weighted by molar-refractivity contribution is 5.79. The van der Waals surface area contributed by atoms with Crippen molar-refractivity contribution in [2.75, 3.05) is 7.05 Å². The molecule has 0 spiro atoms. The highest BCUT2D eigenvalue weighted by Crippen LogP contribution is 2.38. The zero-order chi connectivity index (χ0) is 11.5. The van der Waals surface area contributed by atoms with Gasteiger partial charge < -0.3 is 4.90 Å². The van der Waals surface area contributed by atoms with Gasteiger partial charge in [-0.3, -0.25) is 4.79 Å². The van der Waals surface area contributed by atoms with Crippen molar-refractivity contribution < 1.29 is 4.79 Å². The third-order valence-corrected chi connectivity index (χ3v) is 3.19. The number of amides is 1. The summed E-state index contributed by atoms with van der Waals surface area (Å²) in [4.78, 5) is 13.4. The lowest BCUT2D eigenvalue weighted by molar-refractivity contribution is -0.127. The van der Waals surface area contributed by atoms with E-state index >= 15 is 0 Å². The van der Waals surface area contributed by atoms with Crippen LogP contribution in [0.1, 0.15) is 24.4 Å². The lowest BCUT2D eigenvalue weighted by atomic mass is 9.91. The topological polar surface area (TPSA) is 44.1 Å². The Bertz CT molecular complexity index is 421. The molecule has 82 valence electrons. The van der Waals surface area contributed by atoms with Crippen molar-refractivity contribution in [1.82, 2.24) is 4.90 Å². The standard InChI is InChI=1S/C13H14N2O/c1-15-12(16)9-11(7-8-14)13(15)10-5-3-2-4-6-10/h2-6,11,13H,7,9H2,1H3. The van der Waals surface area contributed by atoms with Gasteiger partial charge in [-0.15, -0.1) is 0 Å². The Kier molecular flexibility index (Phi) is 2.91. The number of likely N-dealkylation sites (tertiary alicyclic amines) is 1. The minimum atomic E-state index is 0.0633. The summed E-state index contributed by atoms with van der Waals surface area (Å²) in [5.41, 5.74) is 1.12. The number of hydrogen-bond acceptors (Lipinski definition) is 2. The Morgan fingerprint density at radius 3 is 2.75 bits per heavy atom. The monoisotopic (exact) mass is 214 g/mol. The summed E-state index contributed by atoms with van der Waals surface area (Å²) in [5, 5.41) is 8.78. The maximum Gasteiger partial charge on any atom is 0.223 e. The second-order valence-electron chi connectivity index (χ2n) is 4.19. The average molecular weight is 214 g/mol. The van der Waals surface area contributed by atoms with Crippen molar-refractivity contribution in [1.29, 1.82) is 5.26 Å². The van der Waals surface area contributed by atoms with Crippen LogP contribution in [0.2, 0.25) is 0 Å². The fraction of sp³-hybridized carbons (Fsp3) is 0.385. The van der Waals surface area contributed by atoms with E-state index in [1.165, 1.54) is 0 Å². The lowest BCUT2D eigenvalue weighted by Crippen LogP contribution is -2.24. The number of hydrogen-bond donors (Lipinski definition) is 0. The van der Waals surface area contributed by atoms with E-state index in [1.54, 1.807) is 4.90 Å². The first kappa shape index (κ1) is 10.7. The number of rotatable bonds is 2. The molecule has 0 N–H and O–H groups in total. The summed E-state index contributed by atoms with van der Waals surface area (Å²) in [5.74, 6) is 0.263. The fourth-order valence-corrected chi connectivity index (χ4v) is 2.40. The summed E-state index contributed by atoms with van der Waals surface area (Å²) in [6, 6.07) is 12.2. The molecule has 1 aliphatic rings. The molecule has 1 saturated heterocycles. The summed E-state index contributed by atoms with van der Waals surface area (Å²) in [7, 11) is 1.82. The molecule has 1 fully saturated rings. The van der Waals surface area contributed by atoms with E-state index in [0.717, 1.165) is 5.56 Å². The number of carbonyl (C=O) groups excluding carboxylic acids is 1. The summed E-state index contributed by atoms with van der Waals surface area (Å²) < 4.78 is 0. The minimum absolute atomic E-state index is 0.0633. The van der Waals surface area contributed by atoms with Gasteiger partial charge in [0.1, 0.15) is 0 Å². The van der Waals surface area contributed by atoms with E-state index in [0.29, 0.717) is 12.8 Å². The van der Waals surface area contributed by atoms with Gasteiger partial charge in [-0.05, 0) is 5.56 Å². The molecular weight excluding hydrogens is 200 g/mol. The van der Waals surface area contributed by atoms with Crippen LogP contribution in [0.3, 0.4) is 0 Å². The SMILES string of the molecule is CN1C(=O)CC(CC#N)C1c1ccccc1. The zero-order valence-electron chi connectivity index (χ0n) is 9.26. The molecule has 3 nitrogen and oxygen atoms in total. The molecule has 2 rings (SSSR count). The molecule has 1 aliphatic heterocycles. The van der Waals surface area contributed by atoms with E-state index in [-0.39, 0.29) is 17.9 Å². The van der Waals surface area contributed by atoms with Crippen molar-refractivity contribution >= 4 is 5.91 Å². The van der Waals surface area contributed by atoms with E-state index in [9.17, 15) is 4.79 Å². The number of carbonyl (C=O) groups is 1. The molecular formula is C13H14N2O. The largest absolute Gasteiger partial charge is 0.338 e. The van der Waals surface area contributed by atoms with Gasteiger partial charge in [0.15, 0.2) is 0 Å². The molecule has 16 heavy (non-hydrogen) atoms. The maximum atomic E-state index is 11.7. The van der Waals surface area contributed by atoms with E-state index in [1.807, 2.05) is 37.4 Å². The Balaban J connectivity index is 2.30.